The van der Waals surface area contributed by atoms with Gasteiger partial charge in [-0.3, -0.25) is 0 Å². The predicted octanol–water partition coefficient (Wildman–Crippen LogP) is 7.41. The molecule has 0 amide bonds. The lowest BCUT2D eigenvalue weighted by molar-refractivity contribution is 0.557. The first kappa shape index (κ1) is 20.5. The highest BCUT2D eigenvalue weighted by atomic mass is 32.2. The van der Waals surface area contributed by atoms with Crippen LogP contribution in [0.3, 0.4) is 0 Å². The zero-order valence-electron chi connectivity index (χ0n) is 15.0. The van der Waals surface area contributed by atoms with Gasteiger partial charge in [0.25, 0.3) is 0 Å². The van der Waals surface area contributed by atoms with E-state index in [2.05, 4.69) is 18.7 Å². The summed E-state index contributed by atoms with van der Waals surface area (Å²) >= 11 is 2.11. The monoisotopic (exact) mass is 338 g/mol. The van der Waals surface area contributed by atoms with Crippen LogP contribution in [0.4, 0.5) is 4.39 Å². The number of unbranched alkanes of at least 4 members (excludes halogenated alkanes) is 9. The molecule has 0 N–H and O–H groups in total. The molecule has 0 aliphatic heterocycles. The highest BCUT2D eigenvalue weighted by Gasteiger charge is 1.96. The minimum absolute atomic E-state index is 0.131. The van der Waals surface area contributed by atoms with Crippen molar-refractivity contribution in [3.05, 3.63) is 35.6 Å². The third kappa shape index (κ3) is 12.6. The van der Waals surface area contributed by atoms with Crippen molar-refractivity contribution in [3.63, 3.8) is 0 Å². The Morgan fingerprint density at radius 3 is 1.78 bits per heavy atom. The summed E-state index contributed by atoms with van der Waals surface area (Å²) in [4.78, 5) is 0. The van der Waals surface area contributed by atoms with Gasteiger partial charge in [-0.25, -0.2) is 4.39 Å². The molecular weight excluding hydrogens is 303 g/mol. The highest BCUT2D eigenvalue weighted by molar-refractivity contribution is 7.99. The summed E-state index contributed by atoms with van der Waals surface area (Å²) in [6, 6.07) is 6.96. The van der Waals surface area contributed by atoms with Gasteiger partial charge in [-0.2, -0.15) is 11.8 Å². The van der Waals surface area contributed by atoms with Gasteiger partial charge in [-0.05, 0) is 54.9 Å². The molecule has 0 saturated heterocycles. The van der Waals surface area contributed by atoms with Crippen molar-refractivity contribution in [3.8, 4) is 0 Å². The molecule has 0 unspecified atom stereocenters. The molecule has 0 fully saturated rings. The molecule has 1 rings (SSSR count). The summed E-state index contributed by atoms with van der Waals surface area (Å²) in [5.41, 5.74) is 1.27. The molecule has 1 aromatic rings. The number of hydrogen-bond donors (Lipinski definition) is 0. The van der Waals surface area contributed by atoms with E-state index in [-0.39, 0.29) is 5.82 Å². The van der Waals surface area contributed by atoms with Crippen molar-refractivity contribution < 1.29 is 4.39 Å². The van der Waals surface area contributed by atoms with Gasteiger partial charge in [-0.1, -0.05) is 70.4 Å². The minimum atomic E-state index is -0.131. The predicted molar refractivity (Wildman–Crippen MR) is 104 cm³/mol. The molecule has 132 valence electrons. The van der Waals surface area contributed by atoms with Crippen LogP contribution in [0.25, 0.3) is 0 Å². The van der Waals surface area contributed by atoms with Gasteiger partial charge in [0.05, 0.1) is 0 Å². The number of hydrogen-bond acceptors (Lipinski definition) is 1. The molecule has 0 radical (unpaired) electrons. The Morgan fingerprint density at radius 1 is 0.696 bits per heavy atom. The van der Waals surface area contributed by atoms with E-state index in [9.17, 15) is 4.39 Å². The Morgan fingerprint density at radius 2 is 1.22 bits per heavy atom. The largest absolute Gasteiger partial charge is 0.207 e. The van der Waals surface area contributed by atoms with Crippen LogP contribution >= 0.6 is 11.8 Å². The molecule has 2 heteroatoms. The van der Waals surface area contributed by atoms with Crippen molar-refractivity contribution in [1.29, 1.82) is 0 Å². The van der Waals surface area contributed by atoms with Gasteiger partial charge in [0, 0.05) is 0 Å². The molecule has 0 atom stereocenters. The molecule has 0 aliphatic rings. The first-order valence-electron chi connectivity index (χ1n) is 9.65. The van der Waals surface area contributed by atoms with Crippen LogP contribution in [0.15, 0.2) is 24.3 Å². The van der Waals surface area contributed by atoms with Gasteiger partial charge >= 0.3 is 0 Å². The molecule has 0 aliphatic carbocycles. The fourth-order valence-electron chi connectivity index (χ4n) is 2.84. The van der Waals surface area contributed by atoms with Gasteiger partial charge in [0.1, 0.15) is 5.82 Å². The van der Waals surface area contributed by atoms with E-state index in [1.54, 1.807) is 12.1 Å². The van der Waals surface area contributed by atoms with Gasteiger partial charge < -0.3 is 0 Å². The lowest BCUT2D eigenvalue weighted by atomic mass is 10.0. The average Bonchev–Trinajstić information content (AvgIpc) is 2.57. The molecule has 0 heterocycles. The maximum Gasteiger partial charge on any atom is 0.123 e. The molecule has 23 heavy (non-hydrogen) atoms. The normalized spacial score (nSPS) is 11.0. The maximum absolute atomic E-state index is 12.8. The molecule has 0 bridgehead atoms. The van der Waals surface area contributed by atoms with Gasteiger partial charge in [-0.15, -0.1) is 0 Å². The second kappa shape index (κ2) is 15.1. The van der Waals surface area contributed by atoms with E-state index >= 15 is 0 Å². The molecule has 0 aromatic heterocycles. The quantitative estimate of drug-likeness (QED) is 0.300. The van der Waals surface area contributed by atoms with Crippen LogP contribution in [0.5, 0.6) is 0 Å². The zero-order valence-corrected chi connectivity index (χ0v) is 15.8. The van der Waals surface area contributed by atoms with E-state index in [4.69, 9.17) is 0 Å². The summed E-state index contributed by atoms with van der Waals surface area (Å²) in [5.74, 6) is 2.57. The lowest BCUT2D eigenvalue weighted by Gasteiger charge is -2.04. The number of halogens is 1. The van der Waals surface area contributed by atoms with E-state index in [1.165, 1.54) is 87.7 Å². The lowest BCUT2D eigenvalue weighted by Crippen LogP contribution is -1.87. The third-order valence-corrected chi connectivity index (χ3v) is 5.54. The van der Waals surface area contributed by atoms with E-state index in [0.717, 1.165) is 6.42 Å². The van der Waals surface area contributed by atoms with Crippen molar-refractivity contribution in [2.45, 2.75) is 84.0 Å². The first-order chi connectivity index (χ1) is 11.3. The first-order valence-corrected chi connectivity index (χ1v) is 10.8. The Balaban J connectivity index is 1.77. The summed E-state index contributed by atoms with van der Waals surface area (Å²) in [7, 11) is 0. The molecule has 0 nitrogen and oxygen atoms in total. The fourth-order valence-corrected chi connectivity index (χ4v) is 3.75. The zero-order chi connectivity index (χ0) is 16.6. The number of thioether (sulfide) groups is 1. The van der Waals surface area contributed by atoms with Crippen molar-refractivity contribution >= 4 is 11.8 Å². The van der Waals surface area contributed by atoms with Gasteiger partial charge in [0.15, 0.2) is 0 Å². The Bertz CT molecular complexity index is 361. The number of aryl methyl sites for hydroxylation is 1. The average molecular weight is 339 g/mol. The Kier molecular flexibility index (Phi) is 13.4. The highest BCUT2D eigenvalue weighted by Crippen LogP contribution is 2.14. The molecule has 0 spiro atoms. The van der Waals surface area contributed by atoms with Crippen LogP contribution in [0.2, 0.25) is 0 Å². The fraction of sp³-hybridized carbons (Fsp3) is 0.714. The number of benzene rings is 1. The van der Waals surface area contributed by atoms with Crippen LogP contribution in [0, 0.1) is 5.82 Å². The van der Waals surface area contributed by atoms with Crippen LogP contribution in [-0.4, -0.2) is 11.5 Å². The van der Waals surface area contributed by atoms with Crippen molar-refractivity contribution in [2.24, 2.45) is 0 Å². The van der Waals surface area contributed by atoms with E-state index < -0.39 is 0 Å². The minimum Gasteiger partial charge on any atom is -0.207 e. The van der Waals surface area contributed by atoms with Crippen LogP contribution in [-0.2, 0) is 6.42 Å². The van der Waals surface area contributed by atoms with Crippen molar-refractivity contribution in [2.75, 3.05) is 11.5 Å². The summed E-state index contributed by atoms with van der Waals surface area (Å²) in [5, 5.41) is 0. The van der Waals surface area contributed by atoms with Crippen molar-refractivity contribution in [1.82, 2.24) is 0 Å². The van der Waals surface area contributed by atoms with Gasteiger partial charge in [0.2, 0.25) is 0 Å². The van der Waals surface area contributed by atoms with E-state index in [0.29, 0.717) is 0 Å². The summed E-state index contributed by atoms with van der Waals surface area (Å²) < 4.78 is 12.8. The second-order valence-electron chi connectivity index (χ2n) is 6.52. The molecular formula is C21H35FS. The van der Waals surface area contributed by atoms with Crippen LogP contribution in [0.1, 0.15) is 83.1 Å². The van der Waals surface area contributed by atoms with E-state index in [1.807, 2.05) is 12.1 Å². The smallest absolute Gasteiger partial charge is 0.123 e. The second-order valence-corrected chi connectivity index (χ2v) is 7.75. The standard InChI is InChI=1S/C21H35FS/c1-2-18-23-19-12-10-8-6-4-3-5-7-9-11-13-20-14-16-21(22)17-15-20/h14-17H,2-13,18-19H2,1H3. The molecule has 0 saturated carbocycles. The topological polar surface area (TPSA) is 0 Å². The summed E-state index contributed by atoms with van der Waals surface area (Å²) in [6.07, 6.45) is 16.2. The third-order valence-electron chi connectivity index (χ3n) is 4.27. The summed E-state index contributed by atoms with van der Waals surface area (Å²) in [6.45, 7) is 2.26. The Hall–Kier alpha value is -0.500. The molecule has 1 aromatic carbocycles. The SMILES string of the molecule is CCCSCCCCCCCCCCCCc1ccc(F)cc1. The Labute approximate surface area is 147 Å². The maximum atomic E-state index is 12.8. The number of rotatable bonds is 15. The van der Waals surface area contributed by atoms with Crippen LogP contribution < -0.4 is 0 Å².